The SMILES string of the molecule is CCc1cc2c(Cl)c(CC)c1NC(=S)OP(=O)(N(CC)CC)OC(=S)N2. The lowest BCUT2D eigenvalue weighted by Gasteiger charge is -2.28. The van der Waals surface area contributed by atoms with Gasteiger partial charge in [0.25, 0.3) is 10.3 Å². The van der Waals surface area contributed by atoms with Crippen LogP contribution in [-0.4, -0.2) is 28.1 Å². The van der Waals surface area contributed by atoms with Gasteiger partial charge in [0.15, 0.2) is 0 Å². The zero-order chi connectivity index (χ0) is 19.5. The number of anilines is 2. The number of fused-ring (bicyclic) bond motifs is 8. The van der Waals surface area contributed by atoms with Crippen molar-refractivity contribution in [3.63, 3.8) is 0 Å². The Balaban J connectivity index is 2.60. The summed E-state index contributed by atoms with van der Waals surface area (Å²) in [5, 5.41) is 6.40. The average molecular weight is 436 g/mol. The summed E-state index contributed by atoms with van der Waals surface area (Å²) < 4.78 is 26.0. The largest absolute Gasteiger partial charge is 0.519 e. The van der Waals surface area contributed by atoms with Gasteiger partial charge < -0.3 is 19.7 Å². The van der Waals surface area contributed by atoms with E-state index < -0.39 is 7.75 Å². The van der Waals surface area contributed by atoms with E-state index in [2.05, 4.69) is 10.6 Å². The fraction of sp³-hybridized carbons (Fsp3) is 0.500. The molecule has 2 heterocycles. The van der Waals surface area contributed by atoms with Gasteiger partial charge in [-0.15, -0.1) is 0 Å². The van der Waals surface area contributed by atoms with E-state index in [1.165, 1.54) is 0 Å². The maximum Gasteiger partial charge on any atom is 0.519 e. The average Bonchev–Trinajstić information content (AvgIpc) is 2.59. The Bertz CT molecular complexity index is 772. The molecule has 0 aromatic heterocycles. The zero-order valence-corrected chi connectivity index (χ0v) is 18.5. The Morgan fingerprint density at radius 2 is 1.65 bits per heavy atom. The van der Waals surface area contributed by atoms with Crippen LogP contribution < -0.4 is 10.6 Å². The molecule has 3 rings (SSSR count). The van der Waals surface area contributed by atoms with E-state index >= 15 is 0 Å². The van der Waals surface area contributed by atoms with Gasteiger partial charge in [-0.2, -0.15) is 4.67 Å². The Morgan fingerprint density at radius 1 is 1.08 bits per heavy atom. The van der Waals surface area contributed by atoms with Crippen molar-refractivity contribution >= 4 is 65.5 Å². The first-order valence-electron chi connectivity index (χ1n) is 8.50. The number of nitrogens with zero attached hydrogens (tertiary/aromatic N) is 1. The second-order valence-electron chi connectivity index (χ2n) is 5.57. The standard InChI is InChI=1S/C16H23ClN3O3PS2/c1-5-10-9-12-13(17)11(6-2)14(10)19-16(26)23-24(21,20(7-3)8-4)22-15(25)18-12/h9H,5-8H2,1-4H3,(H,18,25)(H,19,26). The Kier molecular flexibility index (Phi) is 7.27. The first-order valence-corrected chi connectivity index (χ1v) is 11.2. The summed E-state index contributed by atoms with van der Waals surface area (Å²) in [4.78, 5) is 0. The normalized spacial score (nSPS) is 20.1. The molecule has 0 fully saturated rings. The molecule has 10 heteroatoms. The van der Waals surface area contributed by atoms with Crippen molar-refractivity contribution < 1.29 is 13.6 Å². The predicted molar refractivity (Wildman–Crippen MR) is 115 cm³/mol. The number of thiocarbonyl (C=S) groups is 2. The van der Waals surface area contributed by atoms with Crippen molar-refractivity contribution in [1.82, 2.24) is 4.67 Å². The molecule has 26 heavy (non-hydrogen) atoms. The highest BCUT2D eigenvalue weighted by molar-refractivity contribution is 7.81. The van der Waals surface area contributed by atoms with E-state index in [4.69, 9.17) is 45.1 Å². The van der Waals surface area contributed by atoms with Gasteiger partial charge in [-0.1, -0.05) is 39.3 Å². The molecule has 2 aliphatic rings. The Hall–Kier alpha value is -0.920. The quantitative estimate of drug-likeness (QED) is 0.473. The van der Waals surface area contributed by atoms with Crippen LogP contribution in [0.5, 0.6) is 0 Å². The number of nitrogens with one attached hydrogen (secondary N) is 2. The molecule has 0 saturated heterocycles. The van der Waals surface area contributed by atoms with Crippen LogP contribution in [-0.2, 0) is 26.5 Å². The van der Waals surface area contributed by atoms with E-state index in [1.807, 2.05) is 33.8 Å². The van der Waals surface area contributed by atoms with Crippen LogP contribution in [0.25, 0.3) is 0 Å². The number of benzene rings is 1. The molecular formula is C16H23ClN3O3PS2. The molecule has 144 valence electrons. The van der Waals surface area contributed by atoms with Crippen molar-refractivity contribution in [3.8, 4) is 0 Å². The van der Waals surface area contributed by atoms with E-state index in [-0.39, 0.29) is 10.3 Å². The highest BCUT2D eigenvalue weighted by atomic mass is 35.5. The molecule has 0 amide bonds. The summed E-state index contributed by atoms with van der Waals surface area (Å²) in [7, 11) is -3.76. The summed E-state index contributed by atoms with van der Waals surface area (Å²) in [6.07, 6.45) is 1.42. The number of hydrogen-bond acceptors (Lipinski definition) is 5. The highest BCUT2D eigenvalue weighted by Crippen LogP contribution is 2.53. The third kappa shape index (κ3) is 4.31. The minimum absolute atomic E-state index is 0.0434. The molecule has 2 aliphatic heterocycles. The summed E-state index contributed by atoms with van der Waals surface area (Å²) in [6.45, 7) is 8.62. The van der Waals surface area contributed by atoms with Gasteiger partial charge in [0.2, 0.25) is 0 Å². The predicted octanol–water partition coefficient (Wildman–Crippen LogP) is 5.36. The van der Waals surface area contributed by atoms with Gasteiger partial charge in [0.1, 0.15) is 0 Å². The molecule has 2 N–H and O–H groups in total. The number of halogens is 1. The van der Waals surface area contributed by atoms with E-state index in [0.717, 1.165) is 23.2 Å². The monoisotopic (exact) mass is 435 g/mol. The maximum atomic E-state index is 13.3. The minimum Gasteiger partial charge on any atom is -0.377 e. The molecule has 0 spiro atoms. The fourth-order valence-corrected chi connectivity index (χ4v) is 5.38. The fourth-order valence-electron chi connectivity index (χ4n) is 2.80. The van der Waals surface area contributed by atoms with Crippen molar-refractivity contribution in [3.05, 3.63) is 22.2 Å². The topological polar surface area (TPSA) is 62.8 Å². The van der Waals surface area contributed by atoms with Crippen molar-refractivity contribution in [1.29, 1.82) is 0 Å². The number of hydrogen-bond donors (Lipinski definition) is 2. The summed E-state index contributed by atoms with van der Waals surface area (Å²) in [5.74, 6) is 0. The van der Waals surface area contributed by atoms with Crippen LogP contribution in [0.2, 0.25) is 5.02 Å². The van der Waals surface area contributed by atoms with Crippen molar-refractivity contribution in [2.24, 2.45) is 0 Å². The van der Waals surface area contributed by atoms with Crippen LogP contribution in [0, 0.1) is 0 Å². The molecule has 1 unspecified atom stereocenters. The van der Waals surface area contributed by atoms with Crippen LogP contribution in [0.1, 0.15) is 38.8 Å². The van der Waals surface area contributed by atoms with Gasteiger partial charge in [0, 0.05) is 18.8 Å². The number of rotatable bonds is 5. The molecule has 0 saturated carbocycles. The number of aryl methyl sites for hydroxylation is 1. The second-order valence-corrected chi connectivity index (χ2v) is 8.56. The maximum absolute atomic E-state index is 13.3. The third-order valence-electron chi connectivity index (χ3n) is 4.11. The van der Waals surface area contributed by atoms with Gasteiger partial charge >= 0.3 is 7.75 Å². The van der Waals surface area contributed by atoms with Gasteiger partial charge in [-0.3, -0.25) is 0 Å². The van der Waals surface area contributed by atoms with E-state index in [0.29, 0.717) is 30.2 Å². The smallest absolute Gasteiger partial charge is 0.377 e. The summed E-state index contributed by atoms with van der Waals surface area (Å²) in [5.41, 5.74) is 3.24. The van der Waals surface area contributed by atoms with Crippen LogP contribution >= 0.6 is 43.8 Å². The van der Waals surface area contributed by atoms with Crippen LogP contribution in [0.15, 0.2) is 6.07 Å². The van der Waals surface area contributed by atoms with Crippen LogP contribution in [0.4, 0.5) is 11.4 Å². The Labute approximate surface area is 170 Å². The first-order chi connectivity index (χ1) is 12.3. The molecule has 1 aromatic carbocycles. The minimum atomic E-state index is -3.76. The lowest BCUT2D eigenvalue weighted by Crippen LogP contribution is -2.27. The van der Waals surface area contributed by atoms with Gasteiger partial charge in [0.05, 0.1) is 10.7 Å². The molecule has 1 aromatic rings. The third-order valence-corrected chi connectivity index (χ3v) is 7.25. The van der Waals surface area contributed by atoms with Gasteiger partial charge in [-0.05, 0) is 54.5 Å². The molecule has 0 radical (unpaired) electrons. The van der Waals surface area contributed by atoms with Crippen molar-refractivity contribution in [2.75, 3.05) is 23.7 Å². The van der Waals surface area contributed by atoms with E-state index in [9.17, 15) is 4.57 Å². The van der Waals surface area contributed by atoms with Gasteiger partial charge in [-0.25, -0.2) is 4.57 Å². The van der Waals surface area contributed by atoms with Crippen LogP contribution in [0.3, 0.4) is 0 Å². The van der Waals surface area contributed by atoms with E-state index in [1.54, 1.807) is 4.67 Å². The first kappa shape index (κ1) is 21.4. The second kappa shape index (κ2) is 8.85. The highest BCUT2D eigenvalue weighted by Gasteiger charge is 2.38. The summed E-state index contributed by atoms with van der Waals surface area (Å²) in [6, 6.07) is 1.88. The molecule has 2 bridgehead atoms. The lowest BCUT2D eigenvalue weighted by atomic mass is 10.0. The molecule has 0 aliphatic carbocycles. The molecule has 1 atom stereocenters. The summed E-state index contributed by atoms with van der Waals surface area (Å²) >= 11 is 17.1. The zero-order valence-electron chi connectivity index (χ0n) is 15.2. The Morgan fingerprint density at radius 3 is 2.15 bits per heavy atom. The van der Waals surface area contributed by atoms with Crippen molar-refractivity contribution in [2.45, 2.75) is 40.5 Å². The molecule has 6 nitrogen and oxygen atoms in total. The lowest BCUT2D eigenvalue weighted by molar-refractivity contribution is 0.291. The molecular weight excluding hydrogens is 413 g/mol.